The van der Waals surface area contributed by atoms with Crippen LogP contribution in [0.4, 0.5) is 11.4 Å². The topological polar surface area (TPSA) is 111 Å². The number of hydrogen-bond donors (Lipinski definition) is 2. The average Bonchev–Trinajstić information content (AvgIpc) is 3.27. The van der Waals surface area contributed by atoms with Gasteiger partial charge in [-0.05, 0) is 49.1 Å². The molecule has 0 spiro atoms. The van der Waals surface area contributed by atoms with Crippen LogP contribution in [0.15, 0.2) is 24.3 Å². The van der Waals surface area contributed by atoms with E-state index >= 15 is 0 Å². The Morgan fingerprint density at radius 1 is 1.15 bits per heavy atom. The number of rotatable bonds is 9. The van der Waals surface area contributed by atoms with E-state index in [9.17, 15) is 19.7 Å². The van der Waals surface area contributed by atoms with Gasteiger partial charge in [-0.1, -0.05) is 6.42 Å². The van der Waals surface area contributed by atoms with Gasteiger partial charge in [0.25, 0.3) is 11.6 Å². The summed E-state index contributed by atoms with van der Waals surface area (Å²) in [6, 6.07) is 6.04. The molecule has 0 saturated heterocycles. The van der Waals surface area contributed by atoms with Crippen molar-refractivity contribution in [3.63, 3.8) is 0 Å². The number of ether oxygens (including phenoxy) is 1. The molecule has 146 valence electrons. The normalized spacial score (nSPS) is 23.0. The maximum Gasteiger partial charge on any atom is 0.306 e. The third-order valence-corrected chi connectivity index (χ3v) is 5.53. The molecule has 0 heterocycles. The standard InChI is InChI=1S/C19H25N3O5/c23-18(12-27-19(24)11-15-10-13-1-2-14(15)9-13)21-8-7-20-16-3-5-17(6-4-16)22(25)26/h3-6,13-15,20H,1-2,7-12H2,(H,21,23)/t13-,14+,15+/m0/s1. The Labute approximate surface area is 157 Å². The zero-order chi connectivity index (χ0) is 19.2. The highest BCUT2D eigenvalue weighted by Crippen LogP contribution is 2.49. The lowest BCUT2D eigenvalue weighted by Gasteiger charge is -2.20. The summed E-state index contributed by atoms with van der Waals surface area (Å²) >= 11 is 0. The fraction of sp³-hybridized carbons (Fsp3) is 0.579. The molecule has 2 saturated carbocycles. The van der Waals surface area contributed by atoms with Gasteiger partial charge in [-0.3, -0.25) is 19.7 Å². The summed E-state index contributed by atoms with van der Waals surface area (Å²) < 4.78 is 5.09. The van der Waals surface area contributed by atoms with Crippen molar-refractivity contribution in [3.05, 3.63) is 34.4 Å². The summed E-state index contributed by atoms with van der Waals surface area (Å²) in [5.74, 6) is 1.28. The Morgan fingerprint density at radius 3 is 2.56 bits per heavy atom. The van der Waals surface area contributed by atoms with Crippen LogP contribution >= 0.6 is 0 Å². The van der Waals surface area contributed by atoms with Crippen LogP contribution in [0.2, 0.25) is 0 Å². The molecule has 8 heteroatoms. The minimum absolute atomic E-state index is 0.0288. The molecule has 0 radical (unpaired) electrons. The Kier molecular flexibility index (Phi) is 6.26. The monoisotopic (exact) mass is 375 g/mol. The summed E-state index contributed by atoms with van der Waals surface area (Å²) in [5, 5.41) is 16.3. The van der Waals surface area contributed by atoms with E-state index in [1.807, 2.05) is 0 Å². The Bertz CT molecular complexity index is 691. The molecule has 27 heavy (non-hydrogen) atoms. The van der Waals surface area contributed by atoms with Crippen molar-refractivity contribution < 1.29 is 19.2 Å². The second-order valence-electron chi connectivity index (χ2n) is 7.38. The second-order valence-corrected chi connectivity index (χ2v) is 7.38. The molecule has 2 aliphatic rings. The van der Waals surface area contributed by atoms with Crippen molar-refractivity contribution >= 4 is 23.3 Å². The molecular weight excluding hydrogens is 350 g/mol. The molecule has 1 aromatic rings. The van der Waals surface area contributed by atoms with Crippen LogP contribution in [0.3, 0.4) is 0 Å². The van der Waals surface area contributed by atoms with Gasteiger partial charge in [-0.2, -0.15) is 0 Å². The molecule has 0 aliphatic heterocycles. The zero-order valence-corrected chi connectivity index (χ0v) is 15.2. The molecule has 2 N–H and O–H groups in total. The van der Waals surface area contributed by atoms with Crippen LogP contribution in [-0.4, -0.2) is 36.5 Å². The van der Waals surface area contributed by atoms with Crippen LogP contribution in [0, 0.1) is 27.9 Å². The SMILES string of the molecule is O=C(COC(=O)C[C@H]1C[C@H]2CC[C@@H]1C2)NCCNc1ccc([N+](=O)[O-])cc1. The van der Waals surface area contributed by atoms with Crippen molar-refractivity contribution in [1.82, 2.24) is 5.32 Å². The number of non-ortho nitro benzene ring substituents is 1. The molecular formula is C19H25N3O5. The van der Waals surface area contributed by atoms with Crippen LogP contribution in [0.1, 0.15) is 32.1 Å². The number of amides is 1. The van der Waals surface area contributed by atoms with Gasteiger partial charge >= 0.3 is 5.97 Å². The predicted octanol–water partition coefficient (Wildman–Crippen LogP) is 2.49. The first-order valence-electron chi connectivity index (χ1n) is 9.42. The number of nitro groups is 1. The highest BCUT2D eigenvalue weighted by Gasteiger charge is 2.40. The van der Waals surface area contributed by atoms with E-state index in [0.29, 0.717) is 31.3 Å². The van der Waals surface area contributed by atoms with Gasteiger partial charge in [0.1, 0.15) is 0 Å². The van der Waals surface area contributed by atoms with Crippen LogP contribution in [0.5, 0.6) is 0 Å². The number of nitrogens with zero attached hydrogens (tertiary/aromatic N) is 1. The minimum Gasteiger partial charge on any atom is -0.456 e. The number of nitro benzene ring substituents is 1. The number of nitrogens with one attached hydrogen (secondary N) is 2. The van der Waals surface area contributed by atoms with E-state index in [-0.39, 0.29) is 24.2 Å². The van der Waals surface area contributed by atoms with Gasteiger partial charge in [-0.25, -0.2) is 0 Å². The highest BCUT2D eigenvalue weighted by atomic mass is 16.6. The summed E-state index contributed by atoms with van der Waals surface area (Å²) in [6.07, 6.45) is 5.33. The van der Waals surface area contributed by atoms with Crippen molar-refractivity contribution in [2.24, 2.45) is 17.8 Å². The molecule has 1 aromatic carbocycles. The van der Waals surface area contributed by atoms with Crippen LogP contribution < -0.4 is 10.6 Å². The number of esters is 1. The third kappa shape index (κ3) is 5.42. The van der Waals surface area contributed by atoms with Gasteiger partial charge in [-0.15, -0.1) is 0 Å². The maximum absolute atomic E-state index is 11.9. The average molecular weight is 375 g/mol. The highest BCUT2D eigenvalue weighted by molar-refractivity contribution is 5.80. The van der Waals surface area contributed by atoms with Gasteiger partial charge in [0.05, 0.1) is 4.92 Å². The number of hydrogen-bond acceptors (Lipinski definition) is 6. The van der Waals surface area contributed by atoms with E-state index in [4.69, 9.17) is 4.74 Å². The Hall–Kier alpha value is -2.64. The first-order chi connectivity index (χ1) is 13.0. The lowest BCUT2D eigenvalue weighted by Crippen LogP contribution is -2.32. The number of carbonyl (C=O) groups excluding carboxylic acids is 2. The van der Waals surface area contributed by atoms with E-state index in [1.54, 1.807) is 12.1 Å². The number of fused-ring (bicyclic) bond motifs is 2. The van der Waals surface area contributed by atoms with E-state index in [0.717, 1.165) is 18.0 Å². The second kappa shape index (κ2) is 8.83. The van der Waals surface area contributed by atoms with E-state index in [1.165, 1.54) is 31.4 Å². The van der Waals surface area contributed by atoms with Crippen molar-refractivity contribution in [1.29, 1.82) is 0 Å². The maximum atomic E-state index is 11.9. The van der Waals surface area contributed by atoms with Crippen LogP contribution in [-0.2, 0) is 14.3 Å². The summed E-state index contributed by atoms with van der Waals surface area (Å²) in [7, 11) is 0. The Balaban J connectivity index is 1.26. The minimum atomic E-state index is -0.456. The van der Waals surface area contributed by atoms with Gasteiger partial charge in [0, 0.05) is 37.3 Å². The third-order valence-electron chi connectivity index (χ3n) is 5.53. The van der Waals surface area contributed by atoms with Gasteiger partial charge in [0.15, 0.2) is 6.61 Å². The number of anilines is 1. The quantitative estimate of drug-likeness (QED) is 0.297. The van der Waals surface area contributed by atoms with Crippen molar-refractivity contribution in [2.45, 2.75) is 32.1 Å². The molecule has 3 rings (SSSR count). The molecule has 1 amide bonds. The fourth-order valence-electron chi connectivity index (χ4n) is 4.21. The smallest absolute Gasteiger partial charge is 0.306 e. The molecule has 2 fully saturated rings. The first-order valence-corrected chi connectivity index (χ1v) is 9.42. The summed E-state index contributed by atoms with van der Waals surface area (Å²) in [4.78, 5) is 33.8. The van der Waals surface area contributed by atoms with Gasteiger partial charge < -0.3 is 15.4 Å². The number of carbonyl (C=O) groups is 2. The molecule has 2 aliphatic carbocycles. The van der Waals surface area contributed by atoms with E-state index in [2.05, 4.69) is 10.6 Å². The van der Waals surface area contributed by atoms with Gasteiger partial charge in [0.2, 0.25) is 0 Å². The summed E-state index contributed by atoms with van der Waals surface area (Å²) in [5.41, 5.74) is 0.758. The Morgan fingerprint density at radius 2 is 1.93 bits per heavy atom. The zero-order valence-electron chi connectivity index (χ0n) is 15.2. The van der Waals surface area contributed by atoms with Crippen molar-refractivity contribution in [2.75, 3.05) is 25.0 Å². The molecule has 3 atom stereocenters. The molecule has 0 aromatic heterocycles. The molecule has 0 unspecified atom stereocenters. The van der Waals surface area contributed by atoms with Crippen molar-refractivity contribution in [3.8, 4) is 0 Å². The fourth-order valence-corrected chi connectivity index (χ4v) is 4.21. The molecule has 2 bridgehead atoms. The lowest BCUT2D eigenvalue weighted by atomic mass is 9.86. The largest absolute Gasteiger partial charge is 0.456 e. The molecule has 8 nitrogen and oxygen atoms in total. The summed E-state index contributed by atoms with van der Waals surface area (Å²) in [6.45, 7) is 0.569. The number of benzene rings is 1. The van der Waals surface area contributed by atoms with Crippen LogP contribution in [0.25, 0.3) is 0 Å². The lowest BCUT2D eigenvalue weighted by molar-refractivity contribution is -0.384. The first kappa shape index (κ1) is 19.1. The predicted molar refractivity (Wildman–Crippen MR) is 99.1 cm³/mol. The van der Waals surface area contributed by atoms with E-state index < -0.39 is 4.92 Å².